The number of nitrogen functional groups attached to an aromatic ring is 1. The summed E-state index contributed by atoms with van der Waals surface area (Å²) in [5.74, 6) is -2.89. The van der Waals surface area contributed by atoms with Gasteiger partial charge >= 0.3 is 0 Å². The lowest BCUT2D eigenvalue weighted by Gasteiger charge is -2.09. The third kappa shape index (κ3) is 2.56. The highest BCUT2D eigenvalue weighted by molar-refractivity contribution is 7.93. The first-order valence-electron chi connectivity index (χ1n) is 5.10. The number of nitriles is 1. The molecule has 0 aliphatic heterocycles. The Bertz CT molecular complexity index is 810. The van der Waals surface area contributed by atoms with Gasteiger partial charge in [-0.2, -0.15) is 5.26 Å². The van der Waals surface area contributed by atoms with Crippen molar-refractivity contribution >= 4 is 32.0 Å². The highest BCUT2D eigenvalue weighted by Crippen LogP contribution is 2.28. The Morgan fingerprint density at radius 1 is 1.35 bits per heavy atom. The Balaban J connectivity index is 2.50. The molecule has 2 rings (SSSR count). The van der Waals surface area contributed by atoms with E-state index in [1.165, 1.54) is 11.4 Å². The summed E-state index contributed by atoms with van der Waals surface area (Å²) in [6.07, 6.45) is 0. The largest absolute Gasteiger partial charge is 0.399 e. The van der Waals surface area contributed by atoms with Gasteiger partial charge in [-0.25, -0.2) is 17.2 Å². The molecule has 1 aromatic carbocycles. The van der Waals surface area contributed by atoms with Crippen LogP contribution in [-0.4, -0.2) is 8.42 Å². The highest BCUT2D eigenvalue weighted by Gasteiger charge is 2.24. The molecule has 0 aliphatic carbocycles. The van der Waals surface area contributed by atoms with Crippen molar-refractivity contribution in [2.24, 2.45) is 0 Å². The van der Waals surface area contributed by atoms with Crippen LogP contribution < -0.4 is 10.5 Å². The lowest BCUT2D eigenvalue weighted by molar-refractivity contribution is 0.486. The van der Waals surface area contributed by atoms with Gasteiger partial charge in [-0.05, 0) is 23.6 Å². The number of nitrogens with two attached hydrogens (primary N) is 1. The zero-order chi connectivity index (χ0) is 14.9. The van der Waals surface area contributed by atoms with Gasteiger partial charge in [0.15, 0.2) is 11.6 Å². The lowest BCUT2D eigenvalue weighted by Crippen LogP contribution is -2.15. The second kappa shape index (κ2) is 5.07. The Morgan fingerprint density at radius 3 is 2.70 bits per heavy atom. The molecule has 1 aromatic heterocycles. The monoisotopic (exact) mass is 315 g/mol. The molecule has 0 radical (unpaired) electrons. The van der Waals surface area contributed by atoms with Crippen LogP contribution in [0.15, 0.2) is 28.5 Å². The molecule has 0 spiro atoms. The van der Waals surface area contributed by atoms with E-state index in [4.69, 9.17) is 11.0 Å². The number of nitrogens with one attached hydrogen (secondary N) is 1. The van der Waals surface area contributed by atoms with Crippen LogP contribution >= 0.6 is 11.3 Å². The SMILES string of the molecule is N#Cc1ccsc1NS(=O)(=O)c1cc(N)cc(F)c1F. The average molecular weight is 315 g/mol. The van der Waals surface area contributed by atoms with Crippen LogP contribution in [0.3, 0.4) is 0 Å². The zero-order valence-corrected chi connectivity index (χ0v) is 11.4. The van der Waals surface area contributed by atoms with Crippen molar-refractivity contribution in [3.8, 4) is 6.07 Å². The third-order valence-electron chi connectivity index (χ3n) is 2.32. The molecule has 0 amide bonds. The second-order valence-electron chi connectivity index (χ2n) is 3.70. The fourth-order valence-electron chi connectivity index (χ4n) is 1.43. The second-order valence-corrected chi connectivity index (χ2v) is 6.26. The number of nitrogens with zero attached hydrogens (tertiary/aromatic N) is 1. The molecule has 104 valence electrons. The molecular formula is C11H7F2N3O2S2. The number of benzene rings is 1. The summed E-state index contributed by atoms with van der Waals surface area (Å²) in [4.78, 5) is -0.910. The summed E-state index contributed by atoms with van der Waals surface area (Å²) in [6.45, 7) is 0. The molecule has 3 N–H and O–H groups in total. The molecule has 0 fully saturated rings. The Labute approximate surface area is 117 Å². The first-order valence-corrected chi connectivity index (χ1v) is 7.46. The topological polar surface area (TPSA) is 96.0 Å². The Morgan fingerprint density at radius 2 is 2.05 bits per heavy atom. The standard InChI is InChI=1S/C11H7F2N3O2S2/c12-8-3-7(15)4-9(10(8)13)20(17,18)16-11-6(5-14)1-2-19-11/h1-4,16H,15H2. The zero-order valence-electron chi connectivity index (χ0n) is 9.72. The molecule has 2 aromatic rings. The highest BCUT2D eigenvalue weighted by atomic mass is 32.2. The normalized spacial score (nSPS) is 11.1. The molecule has 0 bridgehead atoms. The number of rotatable bonds is 3. The number of thiophene rings is 1. The summed E-state index contributed by atoms with van der Waals surface area (Å²) in [6, 6.07) is 4.67. The van der Waals surface area contributed by atoms with E-state index in [2.05, 4.69) is 0 Å². The van der Waals surface area contributed by atoms with E-state index in [9.17, 15) is 17.2 Å². The van der Waals surface area contributed by atoms with E-state index < -0.39 is 26.6 Å². The van der Waals surface area contributed by atoms with E-state index in [0.29, 0.717) is 6.07 Å². The van der Waals surface area contributed by atoms with E-state index in [1.807, 2.05) is 4.72 Å². The van der Waals surface area contributed by atoms with Crippen molar-refractivity contribution in [3.05, 3.63) is 40.8 Å². The maximum Gasteiger partial charge on any atom is 0.265 e. The molecule has 5 nitrogen and oxygen atoms in total. The van der Waals surface area contributed by atoms with Crippen LogP contribution in [0.2, 0.25) is 0 Å². The smallest absolute Gasteiger partial charge is 0.265 e. The maximum absolute atomic E-state index is 13.6. The van der Waals surface area contributed by atoms with Gasteiger partial charge < -0.3 is 5.73 Å². The van der Waals surface area contributed by atoms with Crippen molar-refractivity contribution < 1.29 is 17.2 Å². The summed E-state index contributed by atoms with van der Waals surface area (Å²) >= 11 is 0.950. The molecule has 0 atom stereocenters. The molecule has 1 heterocycles. The number of hydrogen-bond donors (Lipinski definition) is 2. The van der Waals surface area contributed by atoms with Crippen LogP contribution in [0.1, 0.15) is 5.56 Å². The summed E-state index contributed by atoms with van der Waals surface area (Å²) in [5, 5.41) is 10.3. The van der Waals surface area contributed by atoms with Crippen molar-refractivity contribution in [1.82, 2.24) is 0 Å². The van der Waals surface area contributed by atoms with Crippen molar-refractivity contribution in [2.75, 3.05) is 10.5 Å². The quantitative estimate of drug-likeness (QED) is 0.849. The maximum atomic E-state index is 13.6. The predicted molar refractivity (Wildman–Crippen MR) is 70.6 cm³/mol. The molecule has 0 unspecified atom stereocenters. The first kappa shape index (κ1) is 14.2. The van der Waals surface area contributed by atoms with E-state index in [1.54, 1.807) is 6.07 Å². The van der Waals surface area contributed by atoms with Crippen molar-refractivity contribution in [3.63, 3.8) is 0 Å². The van der Waals surface area contributed by atoms with E-state index in [0.717, 1.165) is 17.4 Å². The van der Waals surface area contributed by atoms with Crippen LogP contribution in [0.25, 0.3) is 0 Å². The number of halogens is 2. The van der Waals surface area contributed by atoms with E-state index >= 15 is 0 Å². The van der Waals surface area contributed by atoms with Gasteiger partial charge in [0, 0.05) is 5.69 Å². The number of sulfonamides is 1. The fraction of sp³-hybridized carbons (Fsp3) is 0. The minimum Gasteiger partial charge on any atom is -0.399 e. The Kier molecular flexibility index (Phi) is 3.61. The van der Waals surface area contributed by atoms with Crippen molar-refractivity contribution in [2.45, 2.75) is 4.90 Å². The van der Waals surface area contributed by atoms with Gasteiger partial charge in [-0.15, -0.1) is 11.3 Å². The minimum absolute atomic E-state index is 0.0229. The van der Waals surface area contributed by atoms with Gasteiger partial charge in [0.25, 0.3) is 10.0 Å². The molecule has 0 saturated carbocycles. The van der Waals surface area contributed by atoms with Gasteiger partial charge in [0.1, 0.15) is 16.0 Å². The van der Waals surface area contributed by atoms with Crippen LogP contribution in [0, 0.1) is 23.0 Å². The van der Waals surface area contributed by atoms with Gasteiger partial charge in [0.05, 0.1) is 5.56 Å². The minimum atomic E-state index is -4.38. The predicted octanol–water partition coefficient (Wildman–Crippen LogP) is 2.28. The van der Waals surface area contributed by atoms with Gasteiger partial charge in [-0.3, -0.25) is 4.72 Å². The van der Waals surface area contributed by atoms with Crippen molar-refractivity contribution in [1.29, 1.82) is 5.26 Å². The summed E-state index contributed by atoms with van der Waals surface area (Å²) in [5.41, 5.74) is 5.17. The van der Waals surface area contributed by atoms with Crippen LogP contribution in [0.5, 0.6) is 0 Å². The summed E-state index contributed by atoms with van der Waals surface area (Å²) < 4.78 is 52.8. The van der Waals surface area contributed by atoms with Gasteiger partial charge in [0.2, 0.25) is 0 Å². The number of anilines is 2. The third-order valence-corrected chi connectivity index (χ3v) is 4.63. The number of hydrogen-bond acceptors (Lipinski definition) is 5. The first-order chi connectivity index (χ1) is 9.35. The lowest BCUT2D eigenvalue weighted by atomic mass is 10.3. The van der Waals surface area contributed by atoms with Gasteiger partial charge in [-0.1, -0.05) is 0 Å². The molecule has 0 saturated heterocycles. The Hall–Kier alpha value is -2.18. The average Bonchev–Trinajstić information content (AvgIpc) is 2.80. The molecule has 20 heavy (non-hydrogen) atoms. The molecule has 0 aliphatic rings. The molecule has 9 heteroatoms. The summed E-state index contributed by atoms with van der Waals surface area (Å²) in [7, 11) is -4.38. The molecular weight excluding hydrogens is 308 g/mol. The van der Waals surface area contributed by atoms with Crippen LogP contribution in [-0.2, 0) is 10.0 Å². The van der Waals surface area contributed by atoms with Crippen LogP contribution in [0.4, 0.5) is 19.5 Å². The van der Waals surface area contributed by atoms with E-state index in [-0.39, 0.29) is 16.3 Å². The fourth-order valence-corrected chi connectivity index (χ4v) is 3.62.